The molecule has 0 amide bonds. The van der Waals surface area contributed by atoms with E-state index in [0.717, 1.165) is 34.0 Å². The molecule has 0 radical (unpaired) electrons. The third kappa shape index (κ3) is 3.06. The number of nitrogens with zero attached hydrogens (tertiary/aromatic N) is 2. The molecule has 0 aliphatic heterocycles. The summed E-state index contributed by atoms with van der Waals surface area (Å²) in [6.07, 6.45) is 0. The quantitative estimate of drug-likeness (QED) is 0.428. The topological polar surface area (TPSA) is 46.3 Å². The number of hydrogen-bond donors (Lipinski definition) is 0. The van der Waals surface area contributed by atoms with Crippen LogP contribution >= 0.6 is 22.7 Å². The van der Waals surface area contributed by atoms with Crippen LogP contribution in [0.15, 0.2) is 56.4 Å². The number of fused-ring (bicyclic) bond motifs is 1. The molecule has 0 atom stereocenters. The first kappa shape index (κ1) is 17.0. The lowest BCUT2D eigenvalue weighted by atomic mass is 10.1. The predicted molar refractivity (Wildman–Crippen MR) is 110 cm³/mol. The summed E-state index contributed by atoms with van der Waals surface area (Å²) in [7, 11) is 0. The number of hydrogen-bond acceptors (Lipinski definition) is 6. The Morgan fingerprint density at radius 3 is 2.69 bits per heavy atom. The zero-order valence-corrected chi connectivity index (χ0v) is 16.2. The minimum Gasteiger partial charge on any atom is -0.422 e. The monoisotopic (exact) mass is 382 g/mol. The van der Waals surface area contributed by atoms with Crippen molar-refractivity contribution < 1.29 is 4.42 Å². The van der Waals surface area contributed by atoms with E-state index in [1.54, 1.807) is 22.7 Å². The molecule has 3 heterocycles. The molecule has 4 nitrogen and oxygen atoms in total. The van der Waals surface area contributed by atoms with E-state index in [0.29, 0.717) is 16.8 Å². The van der Waals surface area contributed by atoms with Crippen LogP contribution in [0.25, 0.3) is 32.1 Å². The van der Waals surface area contributed by atoms with Crippen LogP contribution in [-0.4, -0.2) is 18.1 Å². The van der Waals surface area contributed by atoms with Crippen LogP contribution in [-0.2, 0) is 0 Å². The fourth-order valence-corrected chi connectivity index (χ4v) is 4.61. The van der Waals surface area contributed by atoms with Crippen LogP contribution in [0.3, 0.4) is 0 Å². The second kappa shape index (κ2) is 7.05. The Balaban J connectivity index is 1.76. The highest BCUT2D eigenvalue weighted by Gasteiger charge is 2.14. The summed E-state index contributed by atoms with van der Waals surface area (Å²) in [6.45, 7) is 6.05. The molecule has 3 aromatic heterocycles. The maximum Gasteiger partial charge on any atom is 0.345 e. The SMILES string of the molecule is CCN(CC)c1ccc2cc(-c3csc(-c4cccs4)n3)c(=O)oc2c1. The minimum atomic E-state index is -0.350. The number of thiophene rings is 1. The number of benzene rings is 1. The van der Waals surface area contributed by atoms with Gasteiger partial charge in [-0.3, -0.25) is 0 Å². The molecule has 4 aromatic rings. The molecule has 0 fully saturated rings. The van der Waals surface area contributed by atoms with Crippen molar-refractivity contribution in [1.29, 1.82) is 0 Å². The lowest BCUT2D eigenvalue weighted by Gasteiger charge is -2.20. The van der Waals surface area contributed by atoms with E-state index in [2.05, 4.69) is 29.8 Å². The van der Waals surface area contributed by atoms with E-state index in [1.165, 1.54) is 0 Å². The van der Waals surface area contributed by atoms with E-state index in [4.69, 9.17) is 4.42 Å². The fraction of sp³-hybridized carbons (Fsp3) is 0.200. The minimum absolute atomic E-state index is 0.350. The van der Waals surface area contributed by atoms with Crippen molar-refractivity contribution in [3.8, 4) is 21.1 Å². The maximum atomic E-state index is 12.5. The first-order valence-corrected chi connectivity index (χ1v) is 10.3. The standard InChI is InChI=1S/C20H18N2O2S2/c1-3-22(4-2)14-8-7-13-10-15(20(23)24-17(13)11-14)16-12-26-19(21-16)18-6-5-9-25-18/h5-12H,3-4H2,1-2H3. The maximum absolute atomic E-state index is 12.5. The van der Waals surface area contributed by atoms with Crippen molar-refractivity contribution in [1.82, 2.24) is 4.98 Å². The van der Waals surface area contributed by atoms with Gasteiger partial charge in [0.15, 0.2) is 0 Å². The largest absolute Gasteiger partial charge is 0.422 e. The molecule has 0 saturated carbocycles. The Hall–Kier alpha value is -2.44. The van der Waals surface area contributed by atoms with E-state index < -0.39 is 0 Å². The van der Waals surface area contributed by atoms with Gasteiger partial charge in [0.05, 0.1) is 16.1 Å². The first-order valence-electron chi connectivity index (χ1n) is 8.52. The van der Waals surface area contributed by atoms with Crippen molar-refractivity contribution in [2.75, 3.05) is 18.0 Å². The molecule has 0 aliphatic carbocycles. The second-order valence-corrected chi connectivity index (χ2v) is 7.66. The second-order valence-electron chi connectivity index (χ2n) is 5.86. The van der Waals surface area contributed by atoms with Crippen molar-refractivity contribution in [2.45, 2.75) is 13.8 Å². The summed E-state index contributed by atoms with van der Waals surface area (Å²) < 4.78 is 5.61. The highest BCUT2D eigenvalue weighted by molar-refractivity contribution is 7.20. The summed E-state index contributed by atoms with van der Waals surface area (Å²) >= 11 is 3.18. The van der Waals surface area contributed by atoms with Gasteiger partial charge in [-0.1, -0.05) is 6.07 Å². The Morgan fingerprint density at radius 2 is 1.96 bits per heavy atom. The van der Waals surface area contributed by atoms with Crippen molar-refractivity contribution in [3.63, 3.8) is 0 Å². The average Bonchev–Trinajstić information content (AvgIpc) is 3.33. The van der Waals surface area contributed by atoms with Crippen LogP contribution in [0, 0.1) is 0 Å². The van der Waals surface area contributed by atoms with Crippen molar-refractivity contribution in [3.05, 3.63) is 57.6 Å². The molecule has 4 rings (SSSR count). The number of rotatable bonds is 5. The van der Waals surface area contributed by atoms with Gasteiger partial charge in [0, 0.05) is 35.6 Å². The molecule has 0 N–H and O–H groups in total. The third-order valence-corrected chi connectivity index (χ3v) is 6.24. The highest BCUT2D eigenvalue weighted by Crippen LogP contribution is 2.31. The highest BCUT2D eigenvalue weighted by atomic mass is 32.1. The zero-order valence-electron chi connectivity index (χ0n) is 14.6. The molecule has 0 bridgehead atoms. The molecular formula is C20H18N2O2S2. The fourth-order valence-electron chi connectivity index (χ4n) is 2.97. The van der Waals surface area contributed by atoms with Gasteiger partial charge in [0.2, 0.25) is 0 Å². The lowest BCUT2D eigenvalue weighted by molar-refractivity contribution is 0.563. The molecule has 6 heteroatoms. The molecule has 132 valence electrons. The van der Waals surface area contributed by atoms with E-state index in [1.807, 2.05) is 41.1 Å². The van der Waals surface area contributed by atoms with E-state index in [9.17, 15) is 4.79 Å². The van der Waals surface area contributed by atoms with Gasteiger partial charge < -0.3 is 9.32 Å². The van der Waals surface area contributed by atoms with Gasteiger partial charge in [-0.15, -0.1) is 22.7 Å². The lowest BCUT2D eigenvalue weighted by Crippen LogP contribution is -2.21. The Bertz CT molecular complexity index is 1090. The van der Waals surface area contributed by atoms with Crippen LogP contribution < -0.4 is 10.5 Å². The molecule has 0 aliphatic rings. The number of aromatic nitrogens is 1. The summed E-state index contributed by atoms with van der Waals surface area (Å²) in [5.41, 5.74) is 2.50. The van der Waals surface area contributed by atoms with E-state index in [-0.39, 0.29) is 5.63 Å². The normalized spacial score (nSPS) is 11.2. The molecule has 0 spiro atoms. The van der Waals surface area contributed by atoms with Crippen LogP contribution in [0.2, 0.25) is 0 Å². The Labute approximate surface area is 159 Å². The zero-order chi connectivity index (χ0) is 18.1. The summed E-state index contributed by atoms with van der Waals surface area (Å²) in [5.74, 6) is 0. The third-order valence-electron chi connectivity index (χ3n) is 4.36. The summed E-state index contributed by atoms with van der Waals surface area (Å²) in [4.78, 5) is 20.5. The molecule has 1 aromatic carbocycles. The Kier molecular flexibility index (Phi) is 4.61. The first-order chi connectivity index (χ1) is 12.7. The molecule has 0 saturated heterocycles. The van der Waals surface area contributed by atoms with Gasteiger partial charge in [-0.25, -0.2) is 9.78 Å². The van der Waals surface area contributed by atoms with Gasteiger partial charge in [0.1, 0.15) is 10.6 Å². The van der Waals surface area contributed by atoms with Gasteiger partial charge in [0.25, 0.3) is 0 Å². The summed E-state index contributed by atoms with van der Waals surface area (Å²) in [6, 6.07) is 11.9. The smallest absolute Gasteiger partial charge is 0.345 e. The van der Waals surface area contributed by atoms with Crippen LogP contribution in [0.5, 0.6) is 0 Å². The van der Waals surface area contributed by atoms with E-state index >= 15 is 0 Å². The van der Waals surface area contributed by atoms with Crippen molar-refractivity contribution in [2.24, 2.45) is 0 Å². The Morgan fingerprint density at radius 1 is 1.12 bits per heavy atom. The van der Waals surface area contributed by atoms with Gasteiger partial charge in [-0.2, -0.15) is 0 Å². The number of thiazole rings is 1. The summed E-state index contributed by atoms with van der Waals surface area (Å²) in [5, 5.41) is 5.76. The number of anilines is 1. The van der Waals surface area contributed by atoms with Gasteiger partial charge >= 0.3 is 5.63 Å². The van der Waals surface area contributed by atoms with Gasteiger partial charge in [-0.05, 0) is 43.5 Å². The van der Waals surface area contributed by atoms with Crippen LogP contribution in [0.1, 0.15) is 13.8 Å². The molecular weight excluding hydrogens is 364 g/mol. The van der Waals surface area contributed by atoms with Crippen molar-refractivity contribution >= 4 is 39.3 Å². The van der Waals surface area contributed by atoms with Crippen LogP contribution in [0.4, 0.5) is 5.69 Å². The molecule has 0 unspecified atom stereocenters. The predicted octanol–water partition coefficient (Wildman–Crippen LogP) is 5.49. The average molecular weight is 383 g/mol. The molecule has 26 heavy (non-hydrogen) atoms.